The molecule has 1 aromatic heterocycles. The van der Waals surface area contributed by atoms with Gasteiger partial charge in [-0.15, -0.1) is 23.2 Å². The van der Waals surface area contributed by atoms with Crippen molar-refractivity contribution in [2.75, 3.05) is 29.7 Å². The van der Waals surface area contributed by atoms with Crippen molar-refractivity contribution in [3.8, 4) is 5.69 Å². The highest BCUT2D eigenvalue weighted by Crippen LogP contribution is 2.26. The molecule has 0 amide bonds. The largest absolute Gasteiger partial charge is 0.369 e. The maximum atomic E-state index is 5.94. The minimum atomic E-state index is 0.572. The normalized spacial score (nSPS) is 11.3. The topological polar surface area (TPSA) is 33.4 Å². The number of imidazole rings is 1. The molecule has 0 aliphatic carbocycles. The van der Waals surface area contributed by atoms with Gasteiger partial charge in [-0.3, -0.25) is 4.99 Å². The SMILES string of the molecule is Cc1ccc(-n2ccnc2C)c(N=Cc2ccc(N(CCCl)CCCl)cc2C)c1. The molecule has 0 aliphatic rings. The van der Waals surface area contributed by atoms with Crippen molar-refractivity contribution in [3.05, 3.63) is 71.3 Å². The Morgan fingerprint density at radius 3 is 2.41 bits per heavy atom. The van der Waals surface area contributed by atoms with Crippen molar-refractivity contribution in [2.24, 2.45) is 4.99 Å². The van der Waals surface area contributed by atoms with E-state index in [1.54, 1.807) is 6.20 Å². The summed E-state index contributed by atoms with van der Waals surface area (Å²) in [5.74, 6) is 2.08. The van der Waals surface area contributed by atoms with Crippen LogP contribution in [0.15, 0.2) is 53.8 Å². The number of nitrogens with zero attached hydrogens (tertiary/aromatic N) is 4. The molecule has 152 valence electrons. The Kier molecular flexibility index (Phi) is 7.34. The van der Waals surface area contributed by atoms with Gasteiger partial charge in [-0.2, -0.15) is 0 Å². The van der Waals surface area contributed by atoms with Crippen LogP contribution in [-0.4, -0.2) is 40.6 Å². The lowest BCUT2D eigenvalue weighted by Gasteiger charge is -2.23. The third kappa shape index (κ3) is 5.20. The zero-order chi connectivity index (χ0) is 20.8. The molecule has 0 N–H and O–H groups in total. The fraction of sp³-hybridized carbons (Fsp3) is 0.304. The number of aromatic nitrogens is 2. The lowest BCUT2D eigenvalue weighted by molar-refractivity contribution is 0.873. The van der Waals surface area contributed by atoms with Crippen LogP contribution >= 0.6 is 23.2 Å². The van der Waals surface area contributed by atoms with E-state index in [0.29, 0.717) is 11.8 Å². The van der Waals surface area contributed by atoms with Gasteiger partial charge in [-0.05, 0) is 61.7 Å². The predicted octanol–water partition coefficient (Wildman–Crippen LogP) is 5.83. The van der Waals surface area contributed by atoms with Gasteiger partial charge in [0.2, 0.25) is 0 Å². The molecule has 0 aliphatic heterocycles. The summed E-state index contributed by atoms with van der Waals surface area (Å²) in [7, 11) is 0. The second-order valence-electron chi connectivity index (χ2n) is 7.00. The van der Waals surface area contributed by atoms with Crippen LogP contribution in [0.3, 0.4) is 0 Å². The molecular weight excluding hydrogens is 403 g/mol. The van der Waals surface area contributed by atoms with Crippen molar-refractivity contribution in [1.82, 2.24) is 9.55 Å². The third-order valence-electron chi connectivity index (χ3n) is 4.89. The van der Waals surface area contributed by atoms with E-state index in [0.717, 1.165) is 47.1 Å². The number of benzene rings is 2. The molecular formula is C23H26Cl2N4. The number of anilines is 1. The zero-order valence-electron chi connectivity index (χ0n) is 17.1. The number of rotatable bonds is 8. The Morgan fingerprint density at radius 2 is 1.79 bits per heavy atom. The van der Waals surface area contributed by atoms with Crippen LogP contribution in [0.1, 0.15) is 22.5 Å². The summed E-state index contributed by atoms with van der Waals surface area (Å²) in [6, 6.07) is 12.6. The molecule has 0 atom stereocenters. The van der Waals surface area contributed by atoms with Gasteiger partial charge < -0.3 is 9.47 Å². The van der Waals surface area contributed by atoms with Crippen LogP contribution in [-0.2, 0) is 0 Å². The minimum Gasteiger partial charge on any atom is -0.369 e. The average Bonchev–Trinajstić information content (AvgIpc) is 3.12. The third-order valence-corrected chi connectivity index (χ3v) is 5.22. The van der Waals surface area contributed by atoms with E-state index in [1.165, 1.54) is 5.56 Å². The molecule has 1 heterocycles. The van der Waals surface area contributed by atoms with Crippen LogP contribution in [0, 0.1) is 20.8 Å². The van der Waals surface area contributed by atoms with Crippen LogP contribution < -0.4 is 4.90 Å². The first-order valence-electron chi connectivity index (χ1n) is 9.66. The van der Waals surface area contributed by atoms with Gasteiger partial charge in [-0.1, -0.05) is 12.1 Å². The molecule has 0 bridgehead atoms. The first-order valence-corrected chi connectivity index (χ1v) is 10.7. The second-order valence-corrected chi connectivity index (χ2v) is 7.76. The Morgan fingerprint density at radius 1 is 1.03 bits per heavy atom. The summed E-state index contributed by atoms with van der Waals surface area (Å²) in [6.07, 6.45) is 5.69. The Balaban J connectivity index is 1.91. The number of hydrogen-bond acceptors (Lipinski definition) is 3. The molecule has 3 aromatic rings. The van der Waals surface area contributed by atoms with E-state index in [1.807, 2.05) is 19.3 Å². The van der Waals surface area contributed by atoms with Crippen molar-refractivity contribution in [1.29, 1.82) is 0 Å². The number of halogens is 2. The molecule has 0 spiro atoms. The van der Waals surface area contributed by atoms with Crippen LogP contribution in [0.4, 0.5) is 11.4 Å². The Hall–Kier alpha value is -2.30. The van der Waals surface area contributed by atoms with Crippen molar-refractivity contribution < 1.29 is 0 Å². The average molecular weight is 429 g/mol. The summed E-state index contributed by atoms with van der Waals surface area (Å²) in [4.78, 5) is 11.3. The lowest BCUT2D eigenvalue weighted by Crippen LogP contribution is -2.27. The van der Waals surface area contributed by atoms with E-state index in [9.17, 15) is 0 Å². The van der Waals surface area contributed by atoms with Gasteiger partial charge in [0.15, 0.2) is 0 Å². The minimum absolute atomic E-state index is 0.572. The van der Waals surface area contributed by atoms with Crippen LogP contribution in [0.5, 0.6) is 0 Å². The molecule has 29 heavy (non-hydrogen) atoms. The number of aliphatic imine (C=N–C) groups is 1. The highest BCUT2D eigenvalue weighted by Gasteiger charge is 2.09. The highest BCUT2D eigenvalue weighted by atomic mass is 35.5. The second kappa shape index (κ2) is 9.95. The summed E-state index contributed by atoms with van der Waals surface area (Å²) in [5.41, 5.74) is 6.48. The van der Waals surface area contributed by atoms with Gasteiger partial charge in [0, 0.05) is 49.1 Å². The van der Waals surface area contributed by atoms with Crippen LogP contribution in [0.2, 0.25) is 0 Å². The van der Waals surface area contributed by atoms with Crippen molar-refractivity contribution >= 4 is 40.8 Å². The standard InChI is InChI=1S/C23H26Cl2N4/c1-17-4-7-23(29-13-10-26-19(29)3)22(14-17)27-16-20-5-6-21(15-18(20)2)28(11-8-24)12-9-25/h4-7,10,13-16H,8-9,11-12H2,1-3H3. The van der Waals surface area contributed by atoms with Crippen molar-refractivity contribution in [3.63, 3.8) is 0 Å². The first-order chi connectivity index (χ1) is 14.0. The van der Waals surface area contributed by atoms with E-state index in [-0.39, 0.29) is 0 Å². The summed E-state index contributed by atoms with van der Waals surface area (Å²) in [5, 5.41) is 0. The fourth-order valence-electron chi connectivity index (χ4n) is 3.29. The molecule has 4 nitrogen and oxygen atoms in total. The summed E-state index contributed by atoms with van der Waals surface area (Å²) < 4.78 is 2.05. The first kappa shape index (κ1) is 21.4. The molecule has 0 saturated heterocycles. The van der Waals surface area contributed by atoms with Crippen molar-refractivity contribution in [2.45, 2.75) is 20.8 Å². The number of hydrogen-bond donors (Lipinski definition) is 0. The zero-order valence-corrected chi connectivity index (χ0v) is 18.6. The fourth-order valence-corrected chi connectivity index (χ4v) is 3.70. The van der Waals surface area contributed by atoms with E-state index in [2.05, 4.69) is 64.7 Å². The Bertz CT molecular complexity index is 988. The van der Waals surface area contributed by atoms with Crippen LogP contribution in [0.25, 0.3) is 5.69 Å². The van der Waals surface area contributed by atoms with Gasteiger partial charge in [-0.25, -0.2) is 4.98 Å². The number of aryl methyl sites for hydroxylation is 3. The van der Waals surface area contributed by atoms with E-state index >= 15 is 0 Å². The maximum absolute atomic E-state index is 5.94. The maximum Gasteiger partial charge on any atom is 0.110 e. The van der Waals surface area contributed by atoms with Gasteiger partial charge >= 0.3 is 0 Å². The predicted molar refractivity (Wildman–Crippen MR) is 125 cm³/mol. The molecule has 0 saturated carbocycles. The molecule has 2 aromatic carbocycles. The molecule has 0 unspecified atom stereocenters. The summed E-state index contributed by atoms with van der Waals surface area (Å²) in [6.45, 7) is 7.72. The lowest BCUT2D eigenvalue weighted by atomic mass is 10.1. The quantitative estimate of drug-likeness (QED) is 0.333. The molecule has 0 fully saturated rings. The molecule has 6 heteroatoms. The van der Waals surface area contributed by atoms with Gasteiger partial charge in [0.05, 0.1) is 11.4 Å². The van der Waals surface area contributed by atoms with E-state index < -0.39 is 0 Å². The molecule has 3 rings (SSSR count). The van der Waals surface area contributed by atoms with Gasteiger partial charge in [0.1, 0.15) is 5.82 Å². The summed E-state index contributed by atoms with van der Waals surface area (Å²) >= 11 is 11.9. The van der Waals surface area contributed by atoms with E-state index in [4.69, 9.17) is 28.2 Å². The van der Waals surface area contributed by atoms with Gasteiger partial charge in [0.25, 0.3) is 0 Å². The monoisotopic (exact) mass is 428 g/mol. The molecule has 0 radical (unpaired) electrons. The highest BCUT2D eigenvalue weighted by molar-refractivity contribution is 6.18. The smallest absolute Gasteiger partial charge is 0.110 e. The Labute approximate surface area is 182 Å². The number of alkyl halides is 2.